The molecule has 0 radical (unpaired) electrons. The van der Waals surface area contributed by atoms with Gasteiger partial charge in [0.15, 0.2) is 0 Å². The standard InChI is InChI=1S/C14H13N3O3S2/c1-10-4-6-11(7-5-10)14-16-12(20-17-14)9-15-22(18,19)13-3-2-8-21-13/h2-8,15H,9H2,1H3. The molecule has 0 aliphatic rings. The van der Waals surface area contributed by atoms with Crippen molar-refractivity contribution in [2.45, 2.75) is 17.7 Å². The van der Waals surface area contributed by atoms with Gasteiger partial charge in [-0.2, -0.15) is 4.98 Å². The fourth-order valence-electron chi connectivity index (χ4n) is 1.79. The van der Waals surface area contributed by atoms with Crippen molar-refractivity contribution in [1.29, 1.82) is 0 Å². The molecule has 0 bridgehead atoms. The second-order valence-electron chi connectivity index (χ2n) is 4.63. The van der Waals surface area contributed by atoms with Crippen LogP contribution in [0.5, 0.6) is 0 Å². The molecule has 0 aliphatic heterocycles. The van der Waals surface area contributed by atoms with Gasteiger partial charge in [0, 0.05) is 5.56 Å². The maximum atomic E-state index is 12.0. The van der Waals surface area contributed by atoms with Crippen molar-refractivity contribution in [3.63, 3.8) is 0 Å². The Balaban J connectivity index is 1.71. The highest BCUT2D eigenvalue weighted by Gasteiger charge is 2.17. The largest absolute Gasteiger partial charge is 0.338 e. The van der Waals surface area contributed by atoms with Crippen LogP contribution in [0.4, 0.5) is 0 Å². The molecule has 0 aliphatic carbocycles. The number of hydrogen-bond donors (Lipinski definition) is 1. The topological polar surface area (TPSA) is 85.1 Å². The third-order valence-electron chi connectivity index (χ3n) is 2.95. The van der Waals surface area contributed by atoms with Crippen LogP contribution < -0.4 is 4.72 Å². The van der Waals surface area contributed by atoms with Gasteiger partial charge in [0.05, 0.1) is 6.54 Å². The summed E-state index contributed by atoms with van der Waals surface area (Å²) in [6.45, 7) is 1.95. The maximum Gasteiger partial charge on any atom is 0.250 e. The van der Waals surface area contributed by atoms with E-state index in [0.29, 0.717) is 5.82 Å². The van der Waals surface area contributed by atoms with Crippen molar-refractivity contribution < 1.29 is 12.9 Å². The Hall–Kier alpha value is -2.03. The molecule has 3 rings (SSSR count). The first-order valence-electron chi connectivity index (χ1n) is 6.47. The Kier molecular flexibility index (Phi) is 4.06. The predicted molar refractivity (Wildman–Crippen MR) is 82.8 cm³/mol. The lowest BCUT2D eigenvalue weighted by molar-refractivity contribution is 0.376. The quantitative estimate of drug-likeness (QED) is 0.774. The van der Waals surface area contributed by atoms with E-state index < -0.39 is 10.0 Å². The fraction of sp³-hybridized carbons (Fsp3) is 0.143. The van der Waals surface area contributed by atoms with E-state index in [2.05, 4.69) is 14.9 Å². The van der Waals surface area contributed by atoms with Crippen LogP contribution in [0.25, 0.3) is 11.4 Å². The molecular weight excluding hydrogens is 322 g/mol. The average molecular weight is 335 g/mol. The van der Waals surface area contributed by atoms with Crippen molar-refractivity contribution in [3.05, 3.63) is 53.2 Å². The van der Waals surface area contributed by atoms with Crippen molar-refractivity contribution in [1.82, 2.24) is 14.9 Å². The maximum absolute atomic E-state index is 12.0. The SMILES string of the molecule is Cc1ccc(-c2noc(CNS(=O)(=O)c3cccs3)n2)cc1. The van der Waals surface area contributed by atoms with E-state index >= 15 is 0 Å². The molecule has 0 fully saturated rings. The average Bonchev–Trinajstić information content (AvgIpc) is 3.18. The number of aryl methyl sites for hydroxylation is 1. The van der Waals surface area contributed by atoms with Gasteiger partial charge in [-0.3, -0.25) is 0 Å². The molecule has 0 spiro atoms. The van der Waals surface area contributed by atoms with Gasteiger partial charge in [-0.1, -0.05) is 41.1 Å². The Morgan fingerprint density at radius 3 is 2.68 bits per heavy atom. The van der Waals surface area contributed by atoms with Crippen molar-refractivity contribution in [2.75, 3.05) is 0 Å². The van der Waals surface area contributed by atoms with E-state index in [9.17, 15) is 8.42 Å². The fourth-order valence-corrected chi connectivity index (χ4v) is 3.80. The highest BCUT2D eigenvalue weighted by atomic mass is 32.2. The first-order valence-corrected chi connectivity index (χ1v) is 8.84. The smallest absolute Gasteiger partial charge is 0.250 e. The number of benzene rings is 1. The van der Waals surface area contributed by atoms with Crippen LogP contribution in [0.3, 0.4) is 0 Å². The molecule has 0 unspecified atom stereocenters. The Morgan fingerprint density at radius 1 is 1.23 bits per heavy atom. The molecule has 2 aromatic heterocycles. The van der Waals surface area contributed by atoms with Gasteiger partial charge in [0.25, 0.3) is 10.0 Å². The van der Waals surface area contributed by atoms with Crippen LogP contribution in [0.15, 0.2) is 50.5 Å². The van der Waals surface area contributed by atoms with E-state index in [1.807, 2.05) is 31.2 Å². The Morgan fingerprint density at radius 2 is 2.00 bits per heavy atom. The molecule has 2 heterocycles. The number of sulfonamides is 1. The molecule has 0 saturated carbocycles. The third kappa shape index (κ3) is 3.24. The van der Waals surface area contributed by atoms with E-state index in [-0.39, 0.29) is 16.6 Å². The molecule has 22 heavy (non-hydrogen) atoms. The van der Waals surface area contributed by atoms with Gasteiger partial charge in [-0.15, -0.1) is 11.3 Å². The van der Waals surface area contributed by atoms with Crippen LogP contribution in [-0.4, -0.2) is 18.6 Å². The molecule has 1 aromatic carbocycles. The Labute approximate surface area is 131 Å². The predicted octanol–water partition coefficient (Wildman–Crippen LogP) is 2.59. The van der Waals surface area contributed by atoms with Gasteiger partial charge in [-0.05, 0) is 18.4 Å². The van der Waals surface area contributed by atoms with Crippen LogP contribution >= 0.6 is 11.3 Å². The van der Waals surface area contributed by atoms with E-state index in [1.54, 1.807) is 17.5 Å². The molecule has 3 aromatic rings. The summed E-state index contributed by atoms with van der Waals surface area (Å²) in [5, 5.41) is 5.57. The molecule has 1 N–H and O–H groups in total. The number of aromatic nitrogens is 2. The highest BCUT2D eigenvalue weighted by molar-refractivity contribution is 7.91. The lowest BCUT2D eigenvalue weighted by atomic mass is 10.1. The summed E-state index contributed by atoms with van der Waals surface area (Å²) in [5.41, 5.74) is 1.96. The number of rotatable bonds is 5. The zero-order valence-electron chi connectivity index (χ0n) is 11.7. The van der Waals surface area contributed by atoms with E-state index in [0.717, 1.165) is 22.5 Å². The molecule has 0 atom stereocenters. The van der Waals surface area contributed by atoms with E-state index in [4.69, 9.17) is 4.52 Å². The number of nitrogens with one attached hydrogen (secondary N) is 1. The van der Waals surface area contributed by atoms with Crippen molar-refractivity contribution >= 4 is 21.4 Å². The molecule has 6 nitrogen and oxygen atoms in total. The normalized spacial score (nSPS) is 11.7. The van der Waals surface area contributed by atoms with Crippen LogP contribution in [0, 0.1) is 6.92 Å². The lowest BCUT2D eigenvalue weighted by Crippen LogP contribution is -2.22. The molecular formula is C14H13N3O3S2. The van der Waals surface area contributed by atoms with Gasteiger partial charge in [0.2, 0.25) is 11.7 Å². The monoisotopic (exact) mass is 335 g/mol. The molecule has 0 saturated heterocycles. The summed E-state index contributed by atoms with van der Waals surface area (Å²) >= 11 is 1.15. The first kappa shape index (κ1) is 14.9. The second kappa shape index (κ2) is 5.99. The lowest BCUT2D eigenvalue weighted by Gasteiger charge is -2.00. The number of nitrogens with zero attached hydrogens (tertiary/aromatic N) is 2. The third-order valence-corrected chi connectivity index (χ3v) is 5.75. The summed E-state index contributed by atoms with van der Waals surface area (Å²) in [7, 11) is -3.54. The number of thiophene rings is 1. The van der Waals surface area contributed by atoms with Gasteiger partial charge < -0.3 is 4.52 Å². The molecule has 0 amide bonds. The van der Waals surface area contributed by atoms with Crippen LogP contribution in [0.1, 0.15) is 11.5 Å². The summed E-state index contributed by atoms with van der Waals surface area (Å²) in [5.74, 6) is 0.654. The summed E-state index contributed by atoms with van der Waals surface area (Å²) in [6.07, 6.45) is 0. The van der Waals surface area contributed by atoms with Crippen LogP contribution in [0.2, 0.25) is 0 Å². The summed E-state index contributed by atoms with van der Waals surface area (Å²) < 4.78 is 31.8. The van der Waals surface area contributed by atoms with Crippen molar-refractivity contribution in [2.24, 2.45) is 0 Å². The first-order chi connectivity index (χ1) is 10.5. The van der Waals surface area contributed by atoms with E-state index in [1.165, 1.54) is 0 Å². The Bertz CT molecular complexity index is 853. The minimum absolute atomic E-state index is 0.0426. The summed E-state index contributed by atoms with van der Waals surface area (Å²) in [6, 6.07) is 10.9. The summed E-state index contributed by atoms with van der Waals surface area (Å²) in [4.78, 5) is 4.19. The zero-order chi connectivity index (χ0) is 15.6. The molecule has 8 heteroatoms. The van der Waals surface area contributed by atoms with Crippen LogP contribution in [-0.2, 0) is 16.6 Å². The zero-order valence-corrected chi connectivity index (χ0v) is 13.3. The van der Waals surface area contributed by atoms with Gasteiger partial charge in [-0.25, -0.2) is 13.1 Å². The minimum atomic E-state index is -3.54. The minimum Gasteiger partial charge on any atom is -0.338 e. The number of hydrogen-bond acceptors (Lipinski definition) is 6. The second-order valence-corrected chi connectivity index (χ2v) is 7.58. The van der Waals surface area contributed by atoms with Crippen molar-refractivity contribution in [3.8, 4) is 11.4 Å². The van der Waals surface area contributed by atoms with Gasteiger partial charge >= 0.3 is 0 Å². The molecule has 114 valence electrons. The highest BCUT2D eigenvalue weighted by Crippen LogP contribution is 2.18. The van der Waals surface area contributed by atoms with Gasteiger partial charge in [0.1, 0.15) is 4.21 Å².